The Morgan fingerprint density at radius 3 is 2.79 bits per heavy atom. The number of pyridine rings is 1. The van der Waals surface area contributed by atoms with Gasteiger partial charge in [0.05, 0.1) is 6.04 Å². The Balaban J connectivity index is 1.55. The smallest absolute Gasteiger partial charge is 0.282 e. The van der Waals surface area contributed by atoms with Crippen LogP contribution in [0.5, 0.6) is 0 Å². The predicted molar refractivity (Wildman–Crippen MR) is 93.1 cm³/mol. The number of aromatic nitrogens is 1. The predicted octanol–water partition coefficient (Wildman–Crippen LogP) is 2.29. The number of amides is 1. The Labute approximate surface area is 140 Å². The van der Waals surface area contributed by atoms with Crippen LogP contribution in [0.1, 0.15) is 28.0 Å². The van der Waals surface area contributed by atoms with E-state index in [-0.39, 0.29) is 18.0 Å². The zero-order valence-electron chi connectivity index (χ0n) is 13.5. The number of rotatable bonds is 5. The van der Waals surface area contributed by atoms with Gasteiger partial charge in [0.2, 0.25) is 0 Å². The number of hydrogen-bond donors (Lipinski definition) is 2. The number of aryl methyl sites for hydroxylation is 2. The fourth-order valence-corrected chi connectivity index (χ4v) is 2.56. The maximum atomic E-state index is 12.2. The first-order valence-electron chi connectivity index (χ1n) is 7.89. The third-order valence-corrected chi connectivity index (χ3v) is 3.87. The lowest BCUT2D eigenvalue weighted by molar-refractivity contribution is 0.102. The highest BCUT2D eigenvalue weighted by atomic mass is 16.5. The summed E-state index contributed by atoms with van der Waals surface area (Å²) in [5, 5.41) is 2.89. The molecule has 1 aromatic carbocycles. The summed E-state index contributed by atoms with van der Waals surface area (Å²) < 4.78 is 5.14. The summed E-state index contributed by atoms with van der Waals surface area (Å²) in [6, 6.07) is 11.7. The molecule has 3 N–H and O–H groups in total. The first kappa shape index (κ1) is 16.0. The van der Waals surface area contributed by atoms with Gasteiger partial charge < -0.3 is 15.8 Å². The van der Waals surface area contributed by atoms with Crippen LogP contribution in [0.3, 0.4) is 0 Å². The molecule has 0 saturated heterocycles. The number of ether oxygens (including phenoxy) is 1. The molecular formula is C18H20N4O2. The van der Waals surface area contributed by atoms with Gasteiger partial charge in [-0.05, 0) is 49.6 Å². The second-order valence-electron chi connectivity index (χ2n) is 5.81. The summed E-state index contributed by atoms with van der Waals surface area (Å²) in [4.78, 5) is 20.5. The van der Waals surface area contributed by atoms with Gasteiger partial charge in [0.15, 0.2) is 0 Å². The summed E-state index contributed by atoms with van der Waals surface area (Å²) in [7, 11) is 0. The number of benzene rings is 1. The summed E-state index contributed by atoms with van der Waals surface area (Å²) in [6.07, 6.45) is 3.42. The Kier molecular flexibility index (Phi) is 4.74. The van der Waals surface area contributed by atoms with Crippen molar-refractivity contribution in [3.8, 4) is 0 Å². The van der Waals surface area contributed by atoms with Crippen LogP contribution in [0.15, 0.2) is 47.6 Å². The van der Waals surface area contributed by atoms with E-state index in [4.69, 9.17) is 10.5 Å². The number of amidine groups is 1. The lowest BCUT2D eigenvalue weighted by Gasteiger charge is -2.08. The lowest BCUT2D eigenvalue weighted by Crippen LogP contribution is -2.12. The fourth-order valence-electron chi connectivity index (χ4n) is 2.56. The number of anilines is 1. The quantitative estimate of drug-likeness (QED) is 0.883. The molecule has 2 heterocycles. The van der Waals surface area contributed by atoms with Gasteiger partial charge in [0.1, 0.15) is 6.61 Å². The molecule has 0 radical (unpaired) electrons. The van der Waals surface area contributed by atoms with Gasteiger partial charge >= 0.3 is 0 Å². The molecule has 3 rings (SSSR count). The molecule has 124 valence electrons. The molecule has 1 aliphatic heterocycles. The molecule has 1 aromatic heterocycles. The van der Waals surface area contributed by atoms with Crippen molar-refractivity contribution in [1.82, 2.24) is 4.98 Å². The number of aliphatic imine (C=N–C) groups is 1. The van der Waals surface area contributed by atoms with E-state index in [0.717, 1.165) is 24.2 Å². The van der Waals surface area contributed by atoms with Crippen LogP contribution in [0.25, 0.3) is 0 Å². The minimum Gasteiger partial charge on any atom is -0.463 e. The van der Waals surface area contributed by atoms with E-state index in [1.54, 1.807) is 18.3 Å². The topological polar surface area (TPSA) is 89.6 Å². The molecule has 0 aliphatic carbocycles. The van der Waals surface area contributed by atoms with Gasteiger partial charge in [-0.1, -0.05) is 12.1 Å². The molecule has 0 spiro atoms. The van der Waals surface area contributed by atoms with Crippen LogP contribution in [0.4, 0.5) is 5.69 Å². The molecule has 2 aromatic rings. The van der Waals surface area contributed by atoms with Crippen LogP contribution in [0.2, 0.25) is 0 Å². The van der Waals surface area contributed by atoms with Crippen molar-refractivity contribution in [2.75, 3.05) is 11.9 Å². The van der Waals surface area contributed by atoms with E-state index in [1.165, 1.54) is 5.56 Å². The molecule has 1 amide bonds. The second-order valence-corrected chi connectivity index (χ2v) is 5.81. The van der Waals surface area contributed by atoms with Crippen LogP contribution in [-0.2, 0) is 11.2 Å². The Morgan fingerprint density at radius 1 is 1.33 bits per heavy atom. The molecular weight excluding hydrogens is 304 g/mol. The highest BCUT2D eigenvalue weighted by Gasteiger charge is 2.16. The molecule has 6 heteroatoms. The average Bonchev–Trinajstić information content (AvgIpc) is 3.00. The van der Waals surface area contributed by atoms with Crippen molar-refractivity contribution < 1.29 is 9.53 Å². The van der Waals surface area contributed by atoms with E-state index in [9.17, 15) is 4.79 Å². The number of carbonyl (C=O) groups is 1. The van der Waals surface area contributed by atoms with E-state index in [1.807, 2.05) is 31.2 Å². The third-order valence-electron chi connectivity index (χ3n) is 3.87. The highest BCUT2D eigenvalue weighted by Crippen LogP contribution is 2.15. The molecule has 1 aliphatic rings. The first-order chi connectivity index (χ1) is 11.6. The average molecular weight is 324 g/mol. The highest BCUT2D eigenvalue weighted by molar-refractivity contribution is 6.04. The first-order valence-corrected chi connectivity index (χ1v) is 7.89. The zero-order valence-corrected chi connectivity index (χ0v) is 13.5. The Hall–Kier alpha value is -2.89. The molecule has 0 saturated carbocycles. The zero-order chi connectivity index (χ0) is 16.9. The number of carbonyl (C=O) groups excluding carboxylic acids is 1. The maximum absolute atomic E-state index is 12.2. The van der Waals surface area contributed by atoms with Crippen LogP contribution in [0, 0.1) is 6.92 Å². The number of nitrogens with zero attached hydrogens (tertiary/aromatic N) is 2. The monoisotopic (exact) mass is 324 g/mol. The lowest BCUT2D eigenvalue weighted by atomic mass is 10.1. The number of nitrogens with one attached hydrogen (secondary N) is 1. The van der Waals surface area contributed by atoms with Crippen LogP contribution >= 0.6 is 0 Å². The van der Waals surface area contributed by atoms with Gasteiger partial charge in [0.25, 0.3) is 11.9 Å². The minimum absolute atomic E-state index is 0.138. The Bertz CT molecular complexity index is 756. The summed E-state index contributed by atoms with van der Waals surface area (Å²) in [5.41, 5.74) is 8.87. The van der Waals surface area contributed by atoms with Gasteiger partial charge in [-0.2, -0.15) is 0 Å². The van der Waals surface area contributed by atoms with Gasteiger partial charge in [-0.25, -0.2) is 4.99 Å². The molecule has 0 fully saturated rings. The van der Waals surface area contributed by atoms with E-state index in [0.29, 0.717) is 12.2 Å². The van der Waals surface area contributed by atoms with Gasteiger partial charge in [0, 0.05) is 23.1 Å². The summed E-state index contributed by atoms with van der Waals surface area (Å²) in [6.45, 7) is 2.42. The van der Waals surface area contributed by atoms with Crippen molar-refractivity contribution in [2.45, 2.75) is 25.8 Å². The van der Waals surface area contributed by atoms with Crippen molar-refractivity contribution in [3.63, 3.8) is 0 Å². The molecule has 6 nitrogen and oxygen atoms in total. The normalized spacial score (nSPS) is 16.4. The number of nitrogens with two attached hydrogens (primary N) is 1. The van der Waals surface area contributed by atoms with Gasteiger partial charge in [-0.15, -0.1) is 0 Å². The van der Waals surface area contributed by atoms with Crippen molar-refractivity contribution in [3.05, 3.63) is 59.4 Å². The summed E-state index contributed by atoms with van der Waals surface area (Å²) in [5.74, 6) is -0.138. The second kappa shape index (κ2) is 7.12. The third kappa shape index (κ3) is 4.10. The van der Waals surface area contributed by atoms with Gasteiger partial charge in [-0.3, -0.25) is 9.78 Å². The molecule has 0 bridgehead atoms. The van der Waals surface area contributed by atoms with E-state index < -0.39 is 0 Å². The Morgan fingerprint density at radius 2 is 2.12 bits per heavy atom. The fraction of sp³-hybridized carbons (Fsp3) is 0.278. The summed E-state index contributed by atoms with van der Waals surface area (Å²) >= 11 is 0. The van der Waals surface area contributed by atoms with E-state index in [2.05, 4.69) is 15.3 Å². The molecule has 1 atom stereocenters. The van der Waals surface area contributed by atoms with Crippen molar-refractivity contribution in [2.24, 2.45) is 10.7 Å². The maximum Gasteiger partial charge on any atom is 0.282 e. The van der Waals surface area contributed by atoms with Crippen molar-refractivity contribution in [1.29, 1.82) is 0 Å². The SMILES string of the molecule is Cc1cc(C(=O)Nc2ccc(CC[C@H]3COC(N)=N3)cc2)ccn1. The minimum atomic E-state index is -0.138. The van der Waals surface area contributed by atoms with Crippen molar-refractivity contribution >= 4 is 17.6 Å². The van der Waals surface area contributed by atoms with Crippen LogP contribution < -0.4 is 11.1 Å². The van der Waals surface area contributed by atoms with E-state index >= 15 is 0 Å². The van der Waals surface area contributed by atoms with Crippen LogP contribution in [-0.4, -0.2) is 29.6 Å². The number of hydrogen-bond acceptors (Lipinski definition) is 5. The largest absolute Gasteiger partial charge is 0.463 e. The standard InChI is InChI=1S/C18H20N4O2/c1-12-10-14(8-9-20-12)17(23)21-15-5-2-13(3-6-15)4-7-16-11-24-18(19)22-16/h2-3,5-6,8-10,16H,4,7,11H2,1H3,(H2,19,22)(H,21,23)/t16-/m0/s1. The molecule has 0 unspecified atom stereocenters. The molecule has 24 heavy (non-hydrogen) atoms.